The Labute approximate surface area is 130 Å². The Kier molecular flexibility index (Phi) is 6.10. The van der Waals surface area contributed by atoms with E-state index in [0.717, 1.165) is 15.0 Å². The molecule has 0 saturated carbocycles. The number of thioether (sulfide) groups is 2. The van der Waals surface area contributed by atoms with E-state index in [2.05, 4.69) is 15.5 Å². The highest BCUT2D eigenvalue weighted by Gasteiger charge is 2.05. The Bertz CT molecular complexity index is 584. The van der Waals surface area contributed by atoms with Crippen LogP contribution < -0.4 is 5.32 Å². The number of nitrogens with one attached hydrogen (secondary N) is 1. The zero-order valence-corrected chi connectivity index (χ0v) is 13.2. The number of hydrogen-bond acceptors (Lipinski definition) is 6. The van der Waals surface area contributed by atoms with Gasteiger partial charge in [-0.15, -0.1) is 10.2 Å². The first kappa shape index (κ1) is 15.1. The van der Waals surface area contributed by atoms with Gasteiger partial charge in [-0.05, 0) is 23.3 Å². The summed E-state index contributed by atoms with van der Waals surface area (Å²) in [6, 6.07) is 9.87. The first-order valence-corrected chi connectivity index (χ1v) is 8.61. The maximum absolute atomic E-state index is 11.7. The Hall–Kier alpha value is -1.31. The van der Waals surface area contributed by atoms with Gasteiger partial charge in [-0.2, -0.15) is 0 Å². The zero-order valence-electron chi connectivity index (χ0n) is 10.8. The number of rotatable bonds is 6. The van der Waals surface area contributed by atoms with Crippen LogP contribution >= 0.6 is 34.9 Å². The Morgan fingerprint density at radius 1 is 1.35 bits per heavy atom. The quantitative estimate of drug-likeness (QED) is 0.496. The molecular formula is C13H13N3OS3. The summed E-state index contributed by atoms with van der Waals surface area (Å²) in [5.41, 5.74) is 0. The molecule has 0 aliphatic rings. The Balaban J connectivity index is 1.82. The number of hydrogen-bond donors (Lipinski definition) is 1. The lowest BCUT2D eigenvalue weighted by Crippen LogP contribution is -2.07. The van der Waals surface area contributed by atoms with Crippen LogP contribution in [0.2, 0.25) is 0 Å². The predicted octanol–water partition coefficient (Wildman–Crippen LogP) is 3.89. The van der Waals surface area contributed by atoms with Crippen LogP contribution in [0.4, 0.5) is 5.13 Å². The number of carbonyl (C=O) groups excluding carboxylic acids is 1. The van der Waals surface area contributed by atoms with Gasteiger partial charge >= 0.3 is 0 Å². The third-order valence-electron chi connectivity index (χ3n) is 2.07. The first-order chi connectivity index (χ1) is 9.78. The highest BCUT2D eigenvalue weighted by molar-refractivity contribution is 8.02. The van der Waals surface area contributed by atoms with Gasteiger partial charge in [-0.1, -0.05) is 60.0 Å². The molecule has 1 heterocycles. The van der Waals surface area contributed by atoms with Crippen molar-refractivity contribution in [2.24, 2.45) is 0 Å². The van der Waals surface area contributed by atoms with Crippen molar-refractivity contribution < 1.29 is 4.79 Å². The average molecular weight is 323 g/mol. The third-order valence-corrected chi connectivity index (χ3v) is 4.74. The average Bonchev–Trinajstić information content (AvgIpc) is 2.88. The molecule has 1 aromatic carbocycles. The van der Waals surface area contributed by atoms with Gasteiger partial charge in [0.25, 0.3) is 5.91 Å². The van der Waals surface area contributed by atoms with Gasteiger partial charge in [0.15, 0.2) is 4.34 Å². The van der Waals surface area contributed by atoms with Crippen molar-refractivity contribution in [3.8, 4) is 0 Å². The lowest BCUT2D eigenvalue weighted by molar-refractivity contribution is -0.111. The molecule has 0 saturated heterocycles. The topological polar surface area (TPSA) is 54.9 Å². The highest BCUT2D eigenvalue weighted by atomic mass is 32.2. The number of carbonyl (C=O) groups is 1. The van der Waals surface area contributed by atoms with Crippen LogP contribution in [0.1, 0.15) is 6.92 Å². The second-order valence-electron chi connectivity index (χ2n) is 3.53. The summed E-state index contributed by atoms with van der Waals surface area (Å²) in [6.07, 6.45) is 1.49. The van der Waals surface area contributed by atoms with Gasteiger partial charge < -0.3 is 0 Å². The molecule has 0 fully saturated rings. The molecule has 7 heteroatoms. The highest BCUT2D eigenvalue weighted by Crippen LogP contribution is 2.25. The van der Waals surface area contributed by atoms with Crippen LogP contribution in [-0.2, 0) is 4.79 Å². The number of amides is 1. The van der Waals surface area contributed by atoms with Crippen molar-refractivity contribution in [1.82, 2.24) is 10.2 Å². The molecule has 4 nitrogen and oxygen atoms in total. The van der Waals surface area contributed by atoms with Crippen molar-refractivity contribution >= 4 is 45.9 Å². The van der Waals surface area contributed by atoms with Crippen molar-refractivity contribution in [2.75, 3.05) is 11.1 Å². The van der Waals surface area contributed by atoms with Crippen LogP contribution in [0, 0.1) is 0 Å². The van der Waals surface area contributed by atoms with Gasteiger partial charge in [0.1, 0.15) is 0 Å². The van der Waals surface area contributed by atoms with Crippen LogP contribution in [-0.4, -0.2) is 21.9 Å². The molecule has 0 bridgehead atoms. The molecule has 0 unspecified atom stereocenters. The van der Waals surface area contributed by atoms with Crippen molar-refractivity contribution in [3.63, 3.8) is 0 Å². The standard InChI is InChI=1S/C13H13N3OS3/c1-2-18-13-16-15-12(20-13)14-11(17)8-9-19-10-6-4-3-5-7-10/h3-9H,2H2,1H3,(H,14,15,17). The van der Waals surface area contributed by atoms with Crippen molar-refractivity contribution in [1.29, 1.82) is 0 Å². The fourth-order valence-electron chi connectivity index (χ4n) is 1.26. The Morgan fingerprint density at radius 2 is 2.15 bits per heavy atom. The van der Waals surface area contributed by atoms with Crippen LogP contribution in [0.15, 0.2) is 51.1 Å². The first-order valence-electron chi connectivity index (χ1n) is 5.93. The van der Waals surface area contributed by atoms with Gasteiger partial charge in [0, 0.05) is 11.0 Å². The molecule has 0 radical (unpaired) electrons. The minimum atomic E-state index is -0.197. The molecule has 0 atom stereocenters. The summed E-state index contributed by atoms with van der Waals surface area (Å²) in [4.78, 5) is 12.8. The molecule has 0 aliphatic heterocycles. The van der Waals surface area contributed by atoms with Gasteiger partial charge in [0.2, 0.25) is 5.13 Å². The number of nitrogens with zero attached hydrogens (tertiary/aromatic N) is 2. The molecule has 2 rings (SSSR count). The van der Waals surface area contributed by atoms with Gasteiger partial charge in [-0.3, -0.25) is 10.1 Å². The SMILES string of the molecule is CCSc1nnc(NC(=O)C=CSc2ccccc2)s1. The zero-order chi connectivity index (χ0) is 14.2. The number of benzene rings is 1. The van der Waals surface area contributed by atoms with Gasteiger partial charge in [-0.25, -0.2) is 0 Å². The monoisotopic (exact) mass is 323 g/mol. The third kappa shape index (κ3) is 4.99. The van der Waals surface area contributed by atoms with E-state index in [4.69, 9.17) is 0 Å². The minimum absolute atomic E-state index is 0.197. The summed E-state index contributed by atoms with van der Waals surface area (Å²) in [5.74, 6) is 0.744. The predicted molar refractivity (Wildman–Crippen MR) is 86.4 cm³/mol. The summed E-state index contributed by atoms with van der Waals surface area (Å²) in [5, 5.41) is 12.9. The molecule has 104 valence electrons. The summed E-state index contributed by atoms with van der Waals surface area (Å²) < 4.78 is 0.866. The maximum Gasteiger partial charge on any atom is 0.250 e. The normalized spacial score (nSPS) is 10.8. The maximum atomic E-state index is 11.7. The lowest BCUT2D eigenvalue weighted by Gasteiger charge is -1.95. The number of aromatic nitrogens is 2. The molecule has 1 aromatic heterocycles. The minimum Gasteiger partial charge on any atom is -0.297 e. The van der Waals surface area contributed by atoms with E-state index in [1.807, 2.05) is 37.3 Å². The fourth-order valence-corrected chi connectivity index (χ4v) is 3.58. The molecule has 1 N–H and O–H groups in total. The summed E-state index contributed by atoms with van der Waals surface area (Å²) >= 11 is 4.49. The second kappa shape index (κ2) is 8.08. The molecule has 0 spiro atoms. The molecule has 20 heavy (non-hydrogen) atoms. The van der Waals surface area contributed by atoms with Gasteiger partial charge in [0.05, 0.1) is 0 Å². The van der Waals surface area contributed by atoms with E-state index in [-0.39, 0.29) is 5.91 Å². The largest absolute Gasteiger partial charge is 0.297 e. The van der Waals surface area contributed by atoms with Crippen molar-refractivity contribution in [3.05, 3.63) is 41.8 Å². The van der Waals surface area contributed by atoms with Crippen LogP contribution in [0.5, 0.6) is 0 Å². The van der Waals surface area contributed by atoms with E-state index in [1.54, 1.807) is 17.2 Å². The Morgan fingerprint density at radius 3 is 2.90 bits per heavy atom. The summed E-state index contributed by atoms with van der Waals surface area (Å²) in [6.45, 7) is 2.05. The van der Waals surface area contributed by atoms with E-state index in [9.17, 15) is 4.79 Å². The van der Waals surface area contributed by atoms with E-state index >= 15 is 0 Å². The van der Waals surface area contributed by atoms with E-state index < -0.39 is 0 Å². The van der Waals surface area contributed by atoms with Crippen LogP contribution in [0.25, 0.3) is 0 Å². The fraction of sp³-hybridized carbons (Fsp3) is 0.154. The lowest BCUT2D eigenvalue weighted by atomic mass is 10.4. The molecule has 2 aromatic rings. The van der Waals surface area contributed by atoms with Crippen molar-refractivity contribution in [2.45, 2.75) is 16.2 Å². The molecule has 1 amide bonds. The van der Waals surface area contributed by atoms with Crippen LogP contribution in [0.3, 0.4) is 0 Å². The second-order valence-corrected chi connectivity index (χ2v) is 7.00. The number of anilines is 1. The van der Waals surface area contributed by atoms with E-state index in [0.29, 0.717) is 5.13 Å². The smallest absolute Gasteiger partial charge is 0.250 e. The summed E-state index contributed by atoms with van der Waals surface area (Å²) in [7, 11) is 0. The van der Waals surface area contributed by atoms with E-state index in [1.165, 1.54) is 29.2 Å². The molecule has 0 aliphatic carbocycles. The molecular weight excluding hydrogens is 310 g/mol.